The Morgan fingerprint density at radius 1 is 1.32 bits per heavy atom. The molecule has 1 fully saturated rings. The lowest BCUT2D eigenvalue weighted by Crippen LogP contribution is -2.45. The van der Waals surface area contributed by atoms with E-state index in [1.165, 1.54) is 0 Å². The SMILES string of the molecule is Cn1nccc1C(=O)NC1CCN(c2ccc(Br)cn2)CC1. The van der Waals surface area contributed by atoms with Crippen molar-refractivity contribution in [3.63, 3.8) is 0 Å². The molecule has 3 rings (SSSR count). The molecule has 1 saturated heterocycles. The third-order valence-electron chi connectivity index (χ3n) is 3.92. The summed E-state index contributed by atoms with van der Waals surface area (Å²) < 4.78 is 2.57. The maximum absolute atomic E-state index is 12.2. The van der Waals surface area contributed by atoms with Gasteiger partial charge in [-0.25, -0.2) is 4.98 Å². The number of carbonyl (C=O) groups excluding carboxylic acids is 1. The minimum atomic E-state index is -0.0554. The van der Waals surface area contributed by atoms with Crippen LogP contribution in [0.2, 0.25) is 0 Å². The molecule has 1 aliphatic heterocycles. The molecule has 0 aliphatic carbocycles. The summed E-state index contributed by atoms with van der Waals surface area (Å²) in [6.07, 6.45) is 5.28. The maximum Gasteiger partial charge on any atom is 0.269 e. The second kappa shape index (κ2) is 6.48. The first-order chi connectivity index (χ1) is 10.6. The summed E-state index contributed by atoms with van der Waals surface area (Å²) in [5.74, 6) is 0.930. The number of nitrogens with one attached hydrogen (secondary N) is 1. The van der Waals surface area contributed by atoms with E-state index in [9.17, 15) is 4.79 Å². The molecule has 1 amide bonds. The Morgan fingerprint density at radius 2 is 2.09 bits per heavy atom. The zero-order valence-corrected chi connectivity index (χ0v) is 14.0. The van der Waals surface area contributed by atoms with Crippen LogP contribution in [0.15, 0.2) is 35.1 Å². The summed E-state index contributed by atoms with van der Waals surface area (Å²) in [6, 6.07) is 5.95. The Hall–Kier alpha value is -1.89. The molecule has 1 N–H and O–H groups in total. The van der Waals surface area contributed by atoms with Gasteiger partial charge in [-0.3, -0.25) is 9.48 Å². The summed E-state index contributed by atoms with van der Waals surface area (Å²) in [6.45, 7) is 1.79. The first kappa shape index (κ1) is 15.0. The van der Waals surface area contributed by atoms with Gasteiger partial charge in [-0.05, 0) is 47.0 Å². The third-order valence-corrected chi connectivity index (χ3v) is 4.39. The lowest BCUT2D eigenvalue weighted by Gasteiger charge is -2.33. The van der Waals surface area contributed by atoms with Crippen LogP contribution >= 0.6 is 15.9 Å². The van der Waals surface area contributed by atoms with Gasteiger partial charge in [-0.1, -0.05) is 0 Å². The van der Waals surface area contributed by atoms with E-state index in [0.717, 1.165) is 36.2 Å². The number of aryl methyl sites for hydroxylation is 1. The highest BCUT2D eigenvalue weighted by molar-refractivity contribution is 9.10. The molecule has 22 heavy (non-hydrogen) atoms. The quantitative estimate of drug-likeness (QED) is 0.905. The predicted octanol–water partition coefficient (Wildman–Crippen LogP) is 1.98. The van der Waals surface area contributed by atoms with Crippen LogP contribution in [0.4, 0.5) is 5.82 Å². The number of anilines is 1. The Morgan fingerprint density at radius 3 is 2.68 bits per heavy atom. The Kier molecular flexibility index (Phi) is 4.42. The monoisotopic (exact) mass is 363 g/mol. The molecule has 2 aromatic heterocycles. The zero-order valence-electron chi connectivity index (χ0n) is 12.4. The van der Waals surface area contributed by atoms with Crippen molar-refractivity contribution in [3.8, 4) is 0 Å². The largest absolute Gasteiger partial charge is 0.356 e. The van der Waals surface area contributed by atoms with E-state index in [2.05, 4.69) is 36.2 Å². The molecule has 0 spiro atoms. The maximum atomic E-state index is 12.2. The van der Waals surface area contributed by atoms with Crippen LogP contribution in [0.1, 0.15) is 23.3 Å². The second-order valence-corrected chi connectivity index (χ2v) is 6.33. The van der Waals surface area contributed by atoms with E-state index in [0.29, 0.717) is 5.69 Å². The molecule has 0 radical (unpaired) electrons. The van der Waals surface area contributed by atoms with Gasteiger partial charge in [-0.2, -0.15) is 5.10 Å². The van der Waals surface area contributed by atoms with E-state index < -0.39 is 0 Å². The van der Waals surface area contributed by atoms with Crippen LogP contribution in [0.25, 0.3) is 0 Å². The van der Waals surface area contributed by atoms with Crippen LogP contribution in [-0.2, 0) is 7.05 Å². The van der Waals surface area contributed by atoms with Gasteiger partial charge in [0.2, 0.25) is 0 Å². The number of amides is 1. The number of halogens is 1. The minimum Gasteiger partial charge on any atom is -0.356 e. The second-order valence-electron chi connectivity index (χ2n) is 5.41. The summed E-state index contributed by atoms with van der Waals surface area (Å²) >= 11 is 3.40. The average Bonchev–Trinajstić information content (AvgIpc) is 2.95. The minimum absolute atomic E-state index is 0.0554. The number of rotatable bonds is 3. The van der Waals surface area contributed by atoms with Gasteiger partial charge in [0.1, 0.15) is 11.5 Å². The van der Waals surface area contributed by atoms with Gasteiger partial charge >= 0.3 is 0 Å². The van der Waals surface area contributed by atoms with Crippen molar-refractivity contribution >= 4 is 27.7 Å². The molecule has 2 aromatic rings. The van der Waals surface area contributed by atoms with E-state index >= 15 is 0 Å². The summed E-state index contributed by atoms with van der Waals surface area (Å²) in [4.78, 5) is 18.9. The lowest BCUT2D eigenvalue weighted by molar-refractivity contribution is 0.0921. The van der Waals surface area contributed by atoms with Gasteiger partial charge in [0.15, 0.2) is 0 Å². The van der Waals surface area contributed by atoms with Crippen molar-refractivity contribution in [2.24, 2.45) is 7.05 Å². The highest BCUT2D eigenvalue weighted by atomic mass is 79.9. The Bertz CT molecular complexity index is 646. The Labute approximate surface area is 137 Å². The molecular weight excluding hydrogens is 346 g/mol. The molecule has 0 unspecified atom stereocenters. The summed E-state index contributed by atoms with van der Waals surface area (Å²) in [5.41, 5.74) is 0.594. The summed E-state index contributed by atoms with van der Waals surface area (Å²) in [5, 5.41) is 7.11. The number of nitrogens with zero attached hydrogens (tertiary/aromatic N) is 4. The van der Waals surface area contributed by atoms with Crippen molar-refractivity contribution in [2.45, 2.75) is 18.9 Å². The van der Waals surface area contributed by atoms with Crippen molar-refractivity contribution in [1.82, 2.24) is 20.1 Å². The van der Waals surface area contributed by atoms with E-state index in [1.54, 1.807) is 24.0 Å². The molecule has 0 aromatic carbocycles. The van der Waals surface area contributed by atoms with Gasteiger partial charge < -0.3 is 10.2 Å². The number of carbonyl (C=O) groups is 1. The van der Waals surface area contributed by atoms with Crippen molar-refractivity contribution in [3.05, 3.63) is 40.8 Å². The van der Waals surface area contributed by atoms with Crippen LogP contribution in [0, 0.1) is 0 Å². The van der Waals surface area contributed by atoms with Crippen molar-refractivity contribution in [2.75, 3.05) is 18.0 Å². The molecule has 0 bridgehead atoms. The van der Waals surface area contributed by atoms with Crippen molar-refractivity contribution < 1.29 is 4.79 Å². The van der Waals surface area contributed by atoms with E-state index in [-0.39, 0.29) is 11.9 Å². The molecule has 1 aliphatic rings. The van der Waals surface area contributed by atoms with Crippen molar-refractivity contribution in [1.29, 1.82) is 0 Å². The molecule has 3 heterocycles. The van der Waals surface area contributed by atoms with E-state index in [4.69, 9.17) is 0 Å². The highest BCUT2D eigenvalue weighted by Crippen LogP contribution is 2.19. The van der Waals surface area contributed by atoms with E-state index in [1.807, 2.05) is 18.3 Å². The topological polar surface area (TPSA) is 63.1 Å². The normalized spacial score (nSPS) is 15.8. The molecule has 7 heteroatoms. The number of hydrogen-bond acceptors (Lipinski definition) is 4. The molecule has 6 nitrogen and oxygen atoms in total. The smallest absolute Gasteiger partial charge is 0.269 e. The van der Waals surface area contributed by atoms with Crippen LogP contribution in [-0.4, -0.2) is 39.8 Å². The first-order valence-electron chi connectivity index (χ1n) is 7.29. The zero-order chi connectivity index (χ0) is 15.5. The average molecular weight is 364 g/mol. The van der Waals surface area contributed by atoms with Crippen LogP contribution in [0.5, 0.6) is 0 Å². The number of aromatic nitrogens is 3. The van der Waals surface area contributed by atoms with Crippen LogP contribution in [0.3, 0.4) is 0 Å². The molecule has 0 atom stereocenters. The predicted molar refractivity (Wildman–Crippen MR) is 87.8 cm³/mol. The Balaban J connectivity index is 1.55. The van der Waals surface area contributed by atoms with Gasteiger partial charge in [0, 0.05) is 43.0 Å². The lowest BCUT2D eigenvalue weighted by atomic mass is 10.0. The fourth-order valence-electron chi connectivity index (χ4n) is 2.66. The molecule has 116 valence electrons. The fraction of sp³-hybridized carbons (Fsp3) is 0.400. The molecular formula is C15H18BrN5O. The first-order valence-corrected chi connectivity index (χ1v) is 8.08. The van der Waals surface area contributed by atoms with Gasteiger partial charge in [-0.15, -0.1) is 0 Å². The number of hydrogen-bond donors (Lipinski definition) is 1. The number of pyridine rings is 1. The molecule has 0 saturated carbocycles. The van der Waals surface area contributed by atoms with Gasteiger partial charge in [0.05, 0.1) is 0 Å². The van der Waals surface area contributed by atoms with Gasteiger partial charge in [0.25, 0.3) is 5.91 Å². The van der Waals surface area contributed by atoms with Crippen LogP contribution < -0.4 is 10.2 Å². The standard InChI is InChI=1S/C15H18BrN5O/c1-20-13(4-7-18-20)15(22)19-12-5-8-21(9-6-12)14-3-2-11(16)10-17-14/h2-4,7,10,12H,5-6,8-9H2,1H3,(H,19,22). The summed E-state index contributed by atoms with van der Waals surface area (Å²) in [7, 11) is 1.77. The highest BCUT2D eigenvalue weighted by Gasteiger charge is 2.22. The third kappa shape index (κ3) is 3.30. The number of piperidine rings is 1. The fourth-order valence-corrected chi connectivity index (χ4v) is 2.90.